The maximum absolute atomic E-state index is 5.48. The van der Waals surface area contributed by atoms with Crippen LogP contribution in [0.2, 0.25) is 0 Å². The lowest BCUT2D eigenvalue weighted by Gasteiger charge is -2.31. The van der Waals surface area contributed by atoms with Crippen LogP contribution in [0.25, 0.3) is 0 Å². The summed E-state index contributed by atoms with van der Waals surface area (Å²) in [6, 6.07) is 9.53. The molecule has 3 heteroatoms. The van der Waals surface area contributed by atoms with Gasteiger partial charge in [-0.05, 0) is 30.5 Å². The number of hydrogen-bond donors (Lipinski definition) is 1. The predicted molar refractivity (Wildman–Crippen MR) is 83.7 cm³/mol. The predicted octanol–water partition coefficient (Wildman–Crippen LogP) is 2.80. The van der Waals surface area contributed by atoms with Crippen molar-refractivity contribution in [2.24, 2.45) is 0 Å². The zero-order valence-electron chi connectivity index (χ0n) is 13.1. The van der Waals surface area contributed by atoms with E-state index < -0.39 is 0 Å². The van der Waals surface area contributed by atoms with Gasteiger partial charge in [0, 0.05) is 32.8 Å². The summed E-state index contributed by atoms with van der Waals surface area (Å²) in [5.74, 6) is 0. The molecule has 1 N–H and O–H groups in total. The van der Waals surface area contributed by atoms with E-state index in [-0.39, 0.29) is 0 Å². The van der Waals surface area contributed by atoms with Gasteiger partial charge in [-0.25, -0.2) is 0 Å². The molecule has 1 unspecified atom stereocenters. The van der Waals surface area contributed by atoms with Crippen LogP contribution in [-0.4, -0.2) is 37.2 Å². The van der Waals surface area contributed by atoms with Crippen molar-refractivity contribution in [3.8, 4) is 0 Å². The summed E-state index contributed by atoms with van der Waals surface area (Å²) in [6.07, 6.45) is 2.86. The van der Waals surface area contributed by atoms with Crippen LogP contribution in [0.4, 0.5) is 0 Å². The Bertz CT molecular complexity index is 388. The molecule has 0 amide bonds. The van der Waals surface area contributed by atoms with Gasteiger partial charge >= 0.3 is 0 Å². The standard InChI is InChI=1S/C17H28N2O/c1-14(2)18-11-15-6-8-16(9-7-15)12-19-10-4-5-17(13-19)20-3/h6-9,14,17-18H,4-5,10-13H2,1-3H3. The van der Waals surface area contributed by atoms with Crippen molar-refractivity contribution >= 4 is 0 Å². The Balaban J connectivity index is 1.83. The third kappa shape index (κ3) is 4.89. The van der Waals surface area contributed by atoms with Gasteiger partial charge in [0.25, 0.3) is 0 Å². The molecular formula is C17H28N2O. The van der Waals surface area contributed by atoms with E-state index in [1.165, 1.54) is 30.5 Å². The van der Waals surface area contributed by atoms with Crippen molar-refractivity contribution < 1.29 is 4.74 Å². The lowest BCUT2D eigenvalue weighted by atomic mass is 10.1. The minimum Gasteiger partial charge on any atom is -0.380 e. The zero-order valence-corrected chi connectivity index (χ0v) is 13.1. The van der Waals surface area contributed by atoms with E-state index >= 15 is 0 Å². The van der Waals surface area contributed by atoms with E-state index in [0.29, 0.717) is 12.1 Å². The summed E-state index contributed by atoms with van der Waals surface area (Å²) in [6.45, 7) is 8.60. The lowest BCUT2D eigenvalue weighted by Crippen LogP contribution is -2.38. The molecule has 1 aliphatic rings. The third-order valence-corrected chi connectivity index (χ3v) is 3.94. The van der Waals surface area contributed by atoms with Crippen LogP contribution in [0.15, 0.2) is 24.3 Å². The number of hydrogen-bond acceptors (Lipinski definition) is 3. The number of likely N-dealkylation sites (tertiary alicyclic amines) is 1. The summed E-state index contributed by atoms with van der Waals surface area (Å²) < 4.78 is 5.48. The van der Waals surface area contributed by atoms with Gasteiger partial charge in [0.2, 0.25) is 0 Å². The second kappa shape index (κ2) is 7.77. The average Bonchev–Trinajstić information content (AvgIpc) is 2.47. The number of benzene rings is 1. The van der Waals surface area contributed by atoms with E-state index in [1.807, 2.05) is 7.11 Å². The molecule has 0 aromatic heterocycles. The topological polar surface area (TPSA) is 24.5 Å². The Morgan fingerprint density at radius 3 is 2.60 bits per heavy atom. The molecule has 1 aromatic carbocycles. The van der Waals surface area contributed by atoms with Gasteiger partial charge in [0.05, 0.1) is 6.10 Å². The fourth-order valence-electron chi connectivity index (χ4n) is 2.69. The number of nitrogens with one attached hydrogen (secondary N) is 1. The van der Waals surface area contributed by atoms with Crippen LogP contribution < -0.4 is 5.32 Å². The Morgan fingerprint density at radius 2 is 1.95 bits per heavy atom. The van der Waals surface area contributed by atoms with Gasteiger partial charge in [-0.2, -0.15) is 0 Å². The fourth-order valence-corrected chi connectivity index (χ4v) is 2.69. The van der Waals surface area contributed by atoms with Gasteiger partial charge < -0.3 is 10.1 Å². The van der Waals surface area contributed by atoms with E-state index in [0.717, 1.165) is 19.6 Å². The number of nitrogens with zero attached hydrogens (tertiary/aromatic N) is 1. The molecule has 0 spiro atoms. The molecule has 1 heterocycles. The van der Waals surface area contributed by atoms with Crippen molar-refractivity contribution in [2.75, 3.05) is 20.2 Å². The van der Waals surface area contributed by atoms with Crippen molar-refractivity contribution in [3.05, 3.63) is 35.4 Å². The van der Waals surface area contributed by atoms with Gasteiger partial charge in [-0.1, -0.05) is 38.1 Å². The largest absolute Gasteiger partial charge is 0.380 e. The average molecular weight is 276 g/mol. The molecule has 0 radical (unpaired) electrons. The molecule has 2 rings (SSSR count). The molecule has 1 saturated heterocycles. The summed E-state index contributed by atoms with van der Waals surface area (Å²) in [4.78, 5) is 2.50. The van der Waals surface area contributed by atoms with Crippen LogP contribution in [-0.2, 0) is 17.8 Å². The van der Waals surface area contributed by atoms with Crippen LogP contribution >= 0.6 is 0 Å². The quantitative estimate of drug-likeness (QED) is 0.864. The molecule has 1 aliphatic heterocycles. The first-order valence-corrected chi connectivity index (χ1v) is 7.73. The maximum atomic E-state index is 5.48. The normalized spacial score (nSPS) is 20.5. The van der Waals surface area contributed by atoms with Gasteiger partial charge in [0.15, 0.2) is 0 Å². The lowest BCUT2D eigenvalue weighted by molar-refractivity contribution is 0.0285. The second-order valence-electron chi connectivity index (χ2n) is 6.09. The van der Waals surface area contributed by atoms with Crippen molar-refractivity contribution in [1.29, 1.82) is 0 Å². The van der Waals surface area contributed by atoms with E-state index in [1.54, 1.807) is 0 Å². The highest BCUT2D eigenvalue weighted by atomic mass is 16.5. The molecular weight excluding hydrogens is 248 g/mol. The number of rotatable bonds is 6. The molecule has 0 bridgehead atoms. The van der Waals surface area contributed by atoms with Crippen molar-refractivity contribution in [3.63, 3.8) is 0 Å². The molecule has 1 atom stereocenters. The van der Waals surface area contributed by atoms with E-state index in [2.05, 4.69) is 48.3 Å². The highest BCUT2D eigenvalue weighted by Crippen LogP contribution is 2.16. The molecule has 3 nitrogen and oxygen atoms in total. The van der Waals surface area contributed by atoms with Crippen LogP contribution in [0.5, 0.6) is 0 Å². The molecule has 1 aromatic rings. The van der Waals surface area contributed by atoms with E-state index in [4.69, 9.17) is 4.74 Å². The minimum absolute atomic E-state index is 0.415. The second-order valence-corrected chi connectivity index (χ2v) is 6.09. The Morgan fingerprint density at radius 1 is 1.25 bits per heavy atom. The zero-order chi connectivity index (χ0) is 14.4. The highest BCUT2D eigenvalue weighted by Gasteiger charge is 2.19. The molecule has 20 heavy (non-hydrogen) atoms. The van der Waals surface area contributed by atoms with Gasteiger partial charge in [0.1, 0.15) is 0 Å². The number of ether oxygens (including phenoxy) is 1. The van der Waals surface area contributed by atoms with Crippen LogP contribution in [0, 0.1) is 0 Å². The van der Waals surface area contributed by atoms with E-state index in [9.17, 15) is 0 Å². The minimum atomic E-state index is 0.415. The SMILES string of the molecule is COC1CCCN(Cc2ccc(CNC(C)C)cc2)C1. The van der Waals surface area contributed by atoms with Crippen molar-refractivity contribution in [1.82, 2.24) is 10.2 Å². The number of methoxy groups -OCH3 is 1. The molecule has 1 fully saturated rings. The highest BCUT2D eigenvalue weighted by molar-refractivity contribution is 5.22. The van der Waals surface area contributed by atoms with Crippen molar-refractivity contribution in [2.45, 2.75) is 51.9 Å². The summed E-state index contributed by atoms with van der Waals surface area (Å²) >= 11 is 0. The monoisotopic (exact) mass is 276 g/mol. The Labute approximate surface area is 123 Å². The smallest absolute Gasteiger partial charge is 0.0698 e. The Hall–Kier alpha value is -0.900. The molecule has 0 aliphatic carbocycles. The van der Waals surface area contributed by atoms with Crippen LogP contribution in [0.1, 0.15) is 37.8 Å². The molecule has 0 saturated carbocycles. The van der Waals surface area contributed by atoms with Gasteiger partial charge in [-0.15, -0.1) is 0 Å². The summed E-state index contributed by atoms with van der Waals surface area (Å²) in [5.41, 5.74) is 2.76. The van der Waals surface area contributed by atoms with Gasteiger partial charge in [-0.3, -0.25) is 4.90 Å². The first-order valence-electron chi connectivity index (χ1n) is 7.73. The maximum Gasteiger partial charge on any atom is 0.0698 e. The molecule has 112 valence electrons. The fraction of sp³-hybridized carbons (Fsp3) is 0.647. The Kier molecular flexibility index (Phi) is 6.02. The number of piperidine rings is 1. The first-order chi connectivity index (χ1) is 9.67. The summed E-state index contributed by atoms with van der Waals surface area (Å²) in [5, 5.41) is 3.45. The summed E-state index contributed by atoms with van der Waals surface area (Å²) in [7, 11) is 1.82. The first kappa shape index (κ1) is 15.5. The third-order valence-electron chi connectivity index (χ3n) is 3.94. The van der Waals surface area contributed by atoms with Crippen LogP contribution in [0.3, 0.4) is 0 Å².